The van der Waals surface area contributed by atoms with Crippen LogP contribution in [0.5, 0.6) is 0 Å². The topological polar surface area (TPSA) is 49.7 Å². The summed E-state index contributed by atoms with van der Waals surface area (Å²) in [6.07, 6.45) is 0. The number of nitrogens with zero attached hydrogens (tertiary/aromatic N) is 2. The number of hydrogen-bond donors (Lipinski definition) is 0. The van der Waals surface area contributed by atoms with E-state index in [-0.39, 0.29) is 11.3 Å². The van der Waals surface area contributed by atoms with E-state index in [0.717, 1.165) is 11.0 Å². The maximum atomic E-state index is 13.4. The summed E-state index contributed by atoms with van der Waals surface area (Å²) in [5.74, 6) is -1.64. The number of rotatable bonds is 2. The molecule has 1 heterocycles. The highest BCUT2D eigenvalue weighted by Crippen LogP contribution is 2.28. The van der Waals surface area contributed by atoms with Crippen LogP contribution in [0.2, 0.25) is 5.02 Å². The van der Waals surface area contributed by atoms with E-state index in [1.54, 1.807) is 38.1 Å². The molecule has 0 aliphatic carbocycles. The van der Waals surface area contributed by atoms with Gasteiger partial charge >= 0.3 is 0 Å². The molecule has 0 saturated carbocycles. The second kappa shape index (κ2) is 5.83. The third-order valence-electron chi connectivity index (χ3n) is 3.73. The lowest BCUT2D eigenvalue weighted by molar-refractivity contribution is -0.123. The normalized spacial score (nSPS) is 16.2. The molecule has 0 saturated heterocycles. The number of imide groups is 1. The Bertz CT molecular complexity index is 860. The Hall–Kier alpha value is -2.53. The Kier molecular flexibility index (Phi) is 3.97. The van der Waals surface area contributed by atoms with Crippen molar-refractivity contribution < 1.29 is 14.0 Å². The van der Waals surface area contributed by atoms with E-state index >= 15 is 0 Å². The van der Waals surface area contributed by atoms with Crippen LogP contribution in [-0.2, 0) is 4.79 Å². The number of aliphatic imine (C=N–C) groups is 1. The molecule has 1 aliphatic heterocycles. The zero-order valence-corrected chi connectivity index (χ0v) is 13.8. The van der Waals surface area contributed by atoms with Crippen LogP contribution in [-0.4, -0.2) is 28.1 Å². The average molecular weight is 345 g/mol. The first-order valence-electron chi connectivity index (χ1n) is 7.30. The Morgan fingerprint density at radius 3 is 2.46 bits per heavy atom. The van der Waals surface area contributed by atoms with Gasteiger partial charge in [-0.2, -0.15) is 0 Å². The lowest BCUT2D eigenvalue weighted by atomic mass is 10.1. The largest absolute Gasteiger partial charge is 0.281 e. The van der Waals surface area contributed by atoms with Crippen molar-refractivity contribution in [2.75, 3.05) is 0 Å². The Balaban J connectivity index is 1.98. The molecule has 0 aromatic heterocycles. The fourth-order valence-electron chi connectivity index (χ4n) is 2.61. The summed E-state index contributed by atoms with van der Waals surface area (Å²) in [5, 5.41) is 0.539. The highest BCUT2D eigenvalue weighted by molar-refractivity contribution is 6.49. The molecule has 0 bridgehead atoms. The monoisotopic (exact) mass is 344 g/mol. The molecule has 0 radical (unpaired) electrons. The van der Waals surface area contributed by atoms with Gasteiger partial charge < -0.3 is 0 Å². The molecule has 0 unspecified atom stereocenters. The second-order valence-electron chi connectivity index (χ2n) is 5.92. The molecule has 24 heavy (non-hydrogen) atoms. The Morgan fingerprint density at radius 2 is 1.83 bits per heavy atom. The van der Waals surface area contributed by atoms with Gasteiger partial charge in [0.15, 0.2) is 0 Å². The minimum absolute atomic E-state index is 0.101. The molecule has 0 atom stereocenters. The van der Waals surface area contributed by atoms with Crippen LogP contribution in [0.4, 0.5) is 4.39 Å². The van der Waals surface area contributed by atoms with E-state index in [1.165, 1.54) is 18.2 Å². The summed E-state index contributed by atoms with van der Waals surface area (Å²) in [6.45, 7) is 3.32. The van der Waals surface area contributed by atoms with Crippen LogP contribution in [0.1, 0.15) is 29.8 Å². The zero-order valence-electron chi connectivity index (χ0n) is 13.1. The molecule has 2 aromatic rings. The van der Waals surface area contributed by atoms with Crippen LogP contribution >= 0.6 is 11.6 Å². The van der Waals surface area contributed by atoms with Crippen molar-refractivity contribution >= 4 is 29.1 Å². The predicted molar refractivity (Wildman–Crippen MR) is 89.6 cm³/mol. The molecule has 122 valence electrons. The fourth-order valence-corrected chi connectivity index (χ4v) is 2.74. The van der Waals surface area contributed by atoms with Crippen LogP contribution in [0.3, 0.4) is 0 Å². The lowest BCUT2D eigenvalue weighted by Crippen LogP contribution is -2.46. The van der Waals surface area contributed by atoms with Crippen molar-refractivity contribution in [1.82, 2.24) is 4.90 Å². The highest BCUT2D eigenvalue weighted by atomic mass is 35.5. The van der Waals surface area contributed by atoms with E-state index in [9.17, 15) is 14.0 Å². The van der Waals surface area contributed by atoms with Gasteiger partial charge in [0.2, 0.25) is 0 Å². The maximum Gasteiger partial charge on any atom is 0.281 e. The van der Waals surface area contributed by atoms with Gasteiger partial charge in [-0.1, -0.05) is 29.8 Å². The van der Waals surface area contributed by atoms with Crippen molar-refractivity contribution in [3.05, 3.63) is 70.5 Å². The minimum Gasteiger partial charge on any atom is -0.269 e. The lowest BCUT2D eigenvalue weighted by Gasteiger charge is -2.27. The SMILES string of the molecule is CC1(C)N=C(c2ccc(Cl)cc2)C(=O)N1C(=O)c1cccc(F)c1. The molecule has 0 fully saturated rings. The number of hydrogen-bond acceptors (Lipinski definition) is 3. The van der Waals surface area contributed by atoms with Crippen LogP contribution in [0, 0.1) is 5.82 Å². The predicted octanol–water partition coefficient (Wildman–Crippen LogP) is 3.69. The van der Waals surface area contributed by atoms with Crippen molar-refractivity contribution in [2.45, 2.75) is 19.5 Å². The van der Waals surface area contributed by atoms with E-state index in [1.807, 2.05) is 0 Å². The van der Waals surface area contributed by atoms with Gasteiger partial charge in [0.05, 0.1) is 0 Å². The van der Waals surface area contributed by atoms with Gasteiger partial charge in [-0.05, 0) is 44.2 Å². The van der Waals surface area contributed by atoms with Gasteiger partial charge in [-0.3, -0.25) is 14.6 Å². The standard InChI is InChI=1S/C18H14ClFN2O2/c1-18(2)21-15(11-6-8-13(19)9-7-11)17(24)22(18)16(23)12-4-3-5-14(20)10-12/h3-10H,1-2H3. The number of amides is 2. The van der Waals surface area contributed by atoms with Crippen molar-refractivity contribution in [3.8, 4) is 0 Å². The highest BCUT2D eigenvalue weighted by Gasteiger charge is 2.44. The van der Waals surface area contributed by atoms with E-state index in [4.69, 9.17) is 11.6 Å². The molecule has 3 rings (SSSR count). The number of carbonyl (C=O) groups excluding carboxylic acids is 2. The average Bonchev–Trinajstić information content (AvgIpc) is 2.77. The summed E-state index contributed by atoms with van der Waals surface area (Å²) in [5.41, 5.74) is -0.201. The second-order valence-corrected chi connectivity index (χ2v) is 6.35. The van der Waals surface area contributed by atoms with Crippen LogP contribution in [0.25, 0.3) is 0 Å². The van der Waals surface area contributed by atoms with Crippen LogP contribution in [0.15, 0.2) is 53.5 Å². The first-order valence-corrected chi connectivity index (χ1v) is 7.67. The van der Waals surface area contributed by atoms with Gasteiger partial charge in [0, 0.05) is 16.1 Å². The van der Waals surface area contributed by atoms with Crippen LogP contribution < -0.4 is 0 Å². The van der Waals surface area contributed by atoms with Crippen molar-refractivity contribution in [1.29, 1.82) is 0 Å². The van der Waals surface area contributed by atoms with Crippen molar-refractivity contribution in [2.24, 2.45) is 4.99 Å². The number of carbonyl (C=O) groups is 2. The zero-order chi connectivity index (χ0) is 17.5. The number of halogens is 2. The van der Waals surface area contributed by atoms with Gasteiger partial charge in [-0.25, -0.2) is 9.29 Å². The fraction of sp³-hybridized carbons (Fsp3) is 0.167. The van der Waals surface area contributed by atoms with Gasteiger partial charge in [-0.15, -0.1) is 0 Å². The summed E-state index contributed by atoms with van der Waals surface area (Å²) in [4.78, 5) is 30.9. The smallest absolute Gasteiger partial charge is 0.269 e. The summed E-state index contributed by atoms with van der Waals surface area (Å²) >= 11 is 5.86. The van der Waals surface area contributed by atoms with Gasteiger partial charge in [0.25, 0.3) is 11.8 Å². The first-order chi connectivity index (χ1) is 11.3. The van der Waals surface area contributed by atoms with E-state index in [0.29, 0.717) is 10.6 Å². The van der Waals surface area contributed by atoms with Gasteiger partial charge in [0.1, 0.15) is 17.2 Å². The maximum absolute atomic E-state index is 13.4. The quantitative estimate of drug-likeness (QED) is 0.780. The molecular weight excluding hydrogens is 331 g/mol. The summed E-state index contributed by atoms with van der Waals surface area (Å²) < 4.78 is 13.4. The Morgan fingerprint density at radius 1 is 1.17 bits per heavy atom. The molecule has 2 aromatic carbocycles. The molecule has 0 spiro atoms. The molecule has 6 heteroatoms. The van der Waals surface area contributed by atoms with E-state index < -0.39 is 23.3 Å². The third-order valence-corrected chi connectivity index (χ3v) is 3.98. The molecular formula is C18H14ClFN2O2. The number of benzene rings is 2. The molecule has 4 nitrogen and oxygen atoms in total. The first kappa shape index (κ1) is 16.3. The van der Waals surface area contributed by atoms with Crippen molar-refractivity contribution in [3.63, 3.8) is 0 Å². The Labute approximate surface area is 143 Å². The molecule has 2 amide bonds. The third kappa shape index (κ3) is 2.83. The minimum atomic E-state index is -1.06. The summed E-state index contributed by atoms with van der Waals surface area (Å²) in [6, 6.07) is 11.9. The molecule has 1 aliphatic rings. The summed E-state index contributed by atoms with van der Waals surface area (Å²) in [7, 11) is 0. The molecule has 0 N–H and O–H groups in total. The van der Waals surface area contributed by atoms with E-state index in [2.05, 4.69) is 4.99 Å².